The molecule has 3 rings (SSSR count). The van der Waals surface area contributed by atoms with Crippen LogP contribution in [0.1, 0.15) is 18.5 Å². The molecule has 5 nitrogen and oxygen atoms in total. The van der Waals surface area contributed by atoms with Crippen molar-refractivity contribution in [3.63, 3.8) is 0 Å². The summed E-state index contributed by atoms with van der Waals surface area (Å²) < 4.78 is 1.88. The van der Waals surface area contributed by atoms with E-state index >= 15 is 0 Å². The zero-order valence-electron chi connectivity index (χ0n) is 9.77. The van der Waals surface area contributed by atoms with E-state index in [1.807, 2.05) is 28.9 Å². The molecule has 3 heterocycles. The van der Waals surface area contributed by atoms with Crippen LogP contribution in [0.25, 0.3) is 5.65 Å². The molecule has 1 N–H and O–H groups in total. The Hall–Kier alpha value is -1.59. The second-order valence-corrected chi connectivity index (χ2v) is 4.77. The fraction of sp³-hybridized carbons (Fsp3) is 0.333. The van der Waals surface area contributed by atoms with Crippen LogP contribution in [-0.2, 0) is 11.3 Å². The van der Waals surface area contributed by atoms with Gasteiger partial charge in [-0.3, -0.25) is 9.80 Å². The van der Waals surface area contributed by atoms with E-state index < -0.39 is 0 Å². The highest BCUT2D eigenvalue weighted by Gasteiger charge is 2.19. The third kappa shape index (κ3) is 2.19. The van der Waals surface area contributed by atoms with Gasteiger partial charge in [-0.05, 0) is 18.6 Å². The van der Waals surface area contributed by atoms with Crippen LogP contribution in [0, 0.1) is 0 Å². The molecule has 1 saturated heterocycles. The maximum atomic E-state index is 11.4. The largest absolute Gasteiger partial charge is 0.305 e. The van der Waals surface area contributed by atoms with Crippen molar-refractivity contribution < 1.29 is 4.79 Å². The van der Waals surface area contributed by atoms with Gasteiger partial charge in [0.25, 0.3) is 0 Å². The van der Waals surface area contributed by atoms with Crippen LogP contribution in [0.5, 0.6) is 0 Å². The zero-order chi connectivity index (χ0) is 12.5. The van der Waals surface area contributed by atoms with Gasteiger partial charge in [0, 0.05) is 25.4 Å². The summed E-state index contributed by atoms with van der Waals surface area (Å²) in [5.41, 5.74) is 4.84. The zero-order valence-corrected chi connectivity index (χ0v) is 10.5. The number of nitrogens with one attached hydrogen (secondary N) is 1. The van der Waals surface area contributed by atoms with Gasteiger partial charge in [0.15, 0.2) is 0 Å². The average molecular weight is 265 g/mol. The number of carbonyl (C=O) groups excluding carboxylic acids is 1. The van der Waals surface area contributed by atoms with Crippen molar-refractivity contribution in [2.45, 2.75) is 19.4 Å². The molecule has 0 atom stereocenters. The Morgan fingerprint density at radius 2 is 2.28 bits per heavy atom. The molecule has 0 aliphatic carbocycles. The minimum atomic E-state index is 0.154. The molecule has 2 aromatic rings. The summed E-state index contributed by atoms with van der Waals surface area (Å²) in [4.78, 5) is 15.9. The highest BCUT2D eigenvalue weighted by molar-refractivity contribution is 6.30. The quantitative estimate of drug-likeness (QED) is 0.916. The van der Waals surface area contributed by atoms with E-state index in [0.29, 0.717) is 18.0 Å². The maximum Gasteiger partial charge on any atom is 0.236 e. The molecular weight excluding hydrogens is 252 g/mol. The number of hydrazine groups is 1. The van der Waals surface area contributed by atoms with Gasteiger partial charge in [0.1, 0.15) is 5.65 Å². The standard InChI is InChI=1S/C12H13ClN4O/c13-9-3-4-11-15-10(8-16(11)7-9)6-14-17-5-1-2-12(17)18/h3-4,7-8,14H,1-2,5-6H2. The minimum absolute atomic E-state index is 0.154. The molecule has 1 fully saturated rings. The van der Waals surface area contributed by atoms with Gasteiger partial charge in [0.2, 0.25) is 5.91 Å². The lowest BCUT2D eigenvalue weighted by molar-refractivity contribution is -0.130. The van der Waals surface area contributed by atoms with Crippen molar-refractivity contribution in [3.8, 4) is 0 Å². The Labute approximate surface area is 109 Å². The molecule has 0 unspecified atom stereocenters. The van der Waals surface area contributed by atoms with Crippen molar-refractivity contribution in [1.82, 2.24) is 19.8 Å². The Balaban J connectivity index is 1.72. The van der Waals surface area contributed by atoms with E-state index in [1.165, 1.54) is 0 Å². The number of pyridine rings is 1. The number of nitrogens with zero attached hydrogens (tertiary/aromatic N) is 3. The first kappa shape index (κ1) is 11.5. The fourth-order valence-corrected chi connectivity index (χ4v) is 2.26. The fourth-order valence-electron chi connectivity index (χ4n) is 2.09. The van der Waals surface area contributed by atoms with E-state index in [0.717, 1.165) is 24.3 Å². The molecular formula is C12H13ClN4O. The number of aromatic nitrogens is 2. The van der Waals surface area contributed by atoms with Crippen LogP contribution >= 0.6 is 11.6 Å². The Morgan fingerprint density at radius 1 is 1.39 bits per heavy atom. The average Bonchev–Trinajstić information content (AvgIpc) is 2.92. The van der Waals surface area contributed by atoms with Crippen LogP contribution in [0.15, 0.2) is 24.5 Å². The second-order valence-electron chi connectivity index (χ2n) is 4.33. The van der Waals surface area contributed by atoms with Gasteiger partial charge in [-0.1, -0.05) is 11.6 Å². The smallest absolute Gasteiger partial charge is 0.236 e. The lowest BCUT2D eigenvalue weighted by Gasteiger charge is -2.15. The molecule has 1 aliphatic heterocycles. The second kappa shape index (κ2) is 4.59. The van der Waals surface area contributed by atoms with Gasteiger partial charge < -0.3 is 4.40 Å². The van der Waals surface area contributed by atoms with E-state index in [9.17, 15) is 4.79 Å². The lowest BCUT2D eigenvalue weighted by atomic mass is 10.4. The molecule has 2 aromatic heterocycles. The minimum Gasteiger partial charge on any atom is -0.305 e. The highest BCUT2D eigenvalue weighted by atomic mass is 35.5. The van der Waals surface area contributed by atoms with Crippen molar-refractivity contribution in [1.29, 1.82) is 0 Å². The van der Waals surface area contributed by atoms with Gasteiger partial charge in [0.05, 0.1) is 17.3 Å². The summed E-state index contributed by atoms with van der Waals surface area (Å²) in [6.07, 6.45) is 5.28. The number of hydrogen-bond donors (Lipinski definition) is 1. The molecule has 0 radical (unpaired) electrons. The molecule has 18 heavy (non-hydrogen) atoms. The number of amides is 1. The molecule has 0 spiro atoms. The first-order valence-corrected chi connectivity index (χ1v) is 6.27. The number of rotatable bonds is 3. The van der Waals surface area contributed by atoms with Crippen LogP contribution in [0.3, 0.4) is 0 Å². The molecule has 94 valence electrons. The Kier molecular flexibility index (Phi) is 2.93. The van der Waals surface area contributed by atoms with Gasteiger partial charge in [-0.25, -0.2) is 10.4 Å². The number of imidazole rings is 1. The number of carbonyl (C=O) groups is 1. The van der Waals surface area contributed by atoms with Crippen molar-refractivity contribution in [2.75, 3.05) is 6.54 Å². The normalized spacial score (nSPS) is 15.8. The van der Waals surface area contributed by atoms with E-state index in [4.69, 9.17) is 11.6 Å². The van der Waals surface area contributed by atoms with Crippen LogP contribution in [0.4, 0.5) is 0 Å². The van der Waals surface area contributed by atoms with Gasteiger partial charge >= 0.3 is 0 Å². The summed E-state index contributed by atoms with van der Waals surface area (Å²) in [5.74, 6) is 0.154. The predicted octanol–water partition coefficient (Wildman–Crippen LogP) is 1.61. The third-order valence-electron chi connectivity index (χ3n) is 2.99. The highest BCUT2D eigenvalue weighted by Crippen LogP contribution is 2.12. The summed E-state index contributed by atoms with van der Waals surface area (Å²) >= 11 is 5.91. The summed E-state index contributed by atoms with van der Waals surface area (Å²) in [5, 5.41) is 2.34. The number of hydrogen-bond acceptors (Lipinski definition) is 3. The molecule has 1 aliphatic rings. The van der Waals surface area contributed by atoms with Gasteiger partial charge in [-0.15, -0.1) is 0 Å². The topological polar surface area (TPSA) is 49.6 Å². The van der Waals surface area contributed by atoms with E-state index in [2.05, 4.69) is 10.4 Å². The third-order valence-corrected chi connectivity index (χ3v) is 3.21. The van der Waals surface area contributed by atoms with Crippen molar-refractivity contribution in [2.24, 2.45) is 0 Å². The van der Waals surface area contributed by atoms with E-state index in [1.54, 1.807) is 5.01 Å². The SMILES string of the molecule is O=C1CCCN1NCc1cn2cc(Cl)ccc2n1. The van der Waals surface area contributed by atoms with Crippen LogP contribution in [0.2, 0.25) is 5.02 Å². The molecule has 0 bridgehead atoms. The lowest BCUT2D eigenvalue weighted by Crippen LogP contribution is -2.38. The monoisotopic (exact) mass is 264 g/mol. The Bertz CT molecular complexity index is 595. The summed E-state index contributed by atoms with van der Waals surface area (Å²) in [7, 11) is 0. The van der Waals surface area contributed by atoms with Crippen molar-refractivity contribution in [3.05, 3.63) is 35.2 Å². The maximum absolute atomic E-state index is 11.4. The molecule has 0 saturated carbocycles. The molecule has 0 aromatic carbocycles. The van der Waals surface area contributed by atoms with Crippen LogP contribution < -0.4 is 5.43 Å². The van der Waals surface area contributed by atoms with Gasteiger partial charge in [-0.2, -0.15) is 0 Å². The van der Waals surface area contributed by atoms with Crippen molar-refractivity contribution >= 4 is 23.2 Å². The number of halogens is 1. The first-order valence-electron chi connectivity index (χ1n) is 5.89. The first-order chi connectivity index (χ1) is 8.72. The number of fused-ring (bicyclic) bond motifs is 1. The summed E-state index contributed by atoms with van der Waals surface area (Å²) in [6.45, 7) is 1.32. The predicted molar refractivity (Wildman–Crippen MR) is 68.0 cm³/mol. The Morgan fingerprint density at radius 3 is 3.06 bits per heavy atom. The molecule has 6 heteroatoms. The molecule has 1 amide bonds. The van der Waals surface area contributed by atoms with E-state index in [-0.39, 0.29) is 5.91 Å². The summed E-state index contributed by atoms with van der Waals surface area (Å²) in [6, 6.07) is 3.68. The van der Waals surface area contributed by atoms with Crippen LogP contribution in [-0.4, -0.2) is 26.8 Å².